The maximum Gasteiger partial charge on any atom is 0.323 e. The quantitative estimate of drug-likeness (QED) is 0.333. The van der Waals surface area contributed by atoms with Crippen LogP contribution in [-0.2, 0) is 0 Å². The molecule has 0 bridgehead atoms. The van der Waals surface area contributed by atoms with Crippen LogP contribution in [0.4, 0.5) is 21.9 Å². The summed E-state index contributed by atoms with van der Waals surface area (Å²) in [6.45, 7) is 3.61. The van der Waals surface area contributed by atoms with E-state index in [2.05, 4.69) is 20.7 Å². The molecule has 0 aliphatic carbocycles. The van der Waals surface area contributed by atoms with Crippen LogP contribution >= 0.6 is 0 Å². The molecule has 2 aromatic carbocycles. The number of azide groups is 1. The first-order chi connectivity index (χ1) is 10.5. The number of amides is 2. The van der Waals surface area contributed by atoms with Gasteiger partial charge in [-0.05, 0) is 49.2 Å². The van der Waals surface area contributed by atoms with Crippen molar-refractivity contribution in [3.8, 4) is 5.75 Å². The number of rotatable bonds is 3. The van der Waals surface area contributed by atoms with Gasteiger partial charge in [0.15, 0.2) is 0 Å². The van der Waals surface area contributed by atoms with Crippen molar-refractivity contribution in [1.82, 2.24) is 0 Å². The smallest absolute Gasteiger partial charge is 0.323 e. The number of nitrogens with one attached hydrogen (secondary N) is 2. The number of carbonyl (C=O) groups is 1. The summed E-state index contributed by atoms with van der Waals surface area (Å²) in [6, 6.07) is 9.92. The average molecular weight is 297 g/mol. The van der Waals surface area contributed by atoms with Crippen LogP contribution in [0.15, 0.2) is 41.5 Å². The van der Waals surface area contributed by atoms with Crippen molar-refractivity contribution in [2.75, 3.05) is 10.6 Å². The van der Waals surface area contributed by atoms with Gasteiger partial charge in [-0.25, -0.2) is 4.79 Å². The molecule has 7 nitrogen and oxygen atoms in total. The normalized spacial score (nSPS) is 9.73. The number of aromatic hydroxyl groups is 1. The monoisotopic (exact) mass is 297 g/mol. The number of hydrogen-bond acceptors (Lipinski definition) is 3. The van der Waals surface area contributed by atoms with Crippen LogP contribution < -0.4 is 10.6 Å². The number of phenols is 1. The summed E-state index contributed by atoms with van der Waals surface area (Å²) in [6.07, 6.45) is 0. The Morgan fingerprint density at radius 2 is 1.77 bits per heavy atom. The van der Waals surface area contributed by atoms with Crippen LogP contribution in [-0.4, -0.2) is 11.1 Å². The Bertz CT molecular complexity index is 749. The van der Waals surface area contributed by atoms with E-state index in [0.717, 1.165) is 5.56 Å². The summed E-state index contributed by atoms with van der Waals surface area (Å²) in [5.74, 6) is -0.109. The highest BCUT2D eigenvalue weighted by Crippen LogP contribution is 2.33. The zero-order chi connectivity index (χ0) is 16.1. The Morgan fingerprint density at radius 3 is 2.41 bits per heavy atom. The molecular weight excluding hydrogens is 282 g/mol. The van der Waals surface area contributed by atoms with Crippen molar-refractivity contribution >= 4 is 23.1 Å². The number of urea groups is 1. The third-order valence-electron chi connectivity index (χ3n) is 3.00. The highest BCUT2D eigenvalue weighted by atomic mass is 16.3. The highest BCUT2D eigenvalue weighted by Gasteiger charge is 2.08. The van der Waals surface area contributed by atoms with E-state index in [1.807, 2.05) is 19.1 Å². The second-order valence-electron chi connectivity index (χ2n) is 4.80. The van der Waals surface area contributed by atoms with Crippen molar-refractivity contribution in [1.29, 1.82) is 0 Å². The van der Waals surface area contributed by atoms with Crippen LogP contribution in [0.1, 0.15) is 11.1 Å². The van der Waals surface area contributed by atoms with Gasteiger partial charge >= 0.3 is 6.03 Å². The van der Waals surface area contributed by atoms with Crippen molar-refractivity contribution in [2.24, 2.45) is 5.11 Å². The first-order valence-corrected chi connectivity index (χ1v) is 6.53. The van der Waals surface area contributed by atoms with E-state index in [0.29, 0.717) is 16.9 Å². The maximum absolute atomic E-state index is 11.9. The molecule has 0 radical (unpaired) electrons. The number of phenolic OH excluding ortho intramolecular Hbond substituents is 1. The van der Waals surface area contributed by atoms with Crippen LogP contribution in [0, 0.1) is 13.8 Å². The number of aryl methyl sites for hydroxylation is 2. The summed E-state index contributed by atoms with van der Waals surface area (Å²) < 4.78 is 0. The molecule has 0 aliphatic rings. The fourth-order valence-electron chi connectivity index (χ4n) is 1.89. The molecular formula is C15H15N5O2. The van der Waals surface area contributed by atoms with Gasteiger partial charge in [-0.3, -0.25) is 0 Å². The Morgan fingerprint density at radius 1 is 1.14 bits per heavy atom. The zero-order valence-corrected chi connectivity index (χ0v) is 12.2. The number of anilines is 2. The van der Waals surface area contributed by atoms with Gasteiger partial charge in [0.2, 0.25) is 0 Å². The third kappa shape index (κ3) is 3.68. The molecule has 3 N–H and O–H groups in total. The van der Waals surface area contributed by atoms with Crippen molar-refractivity contribution in [3.63, 3.8) is 0 Å². The van der Waals surface area contributed by atoms with Gasteiger partial charge in [0.25, 0.3) is 0 Å². The molecule has 7 heteroatoms. The van der Waals surface area contributed by atoms with Crippen LogP contribution in [0.25, 0.3) is 10.4 Å². The van der Waals surface area contributed by atoms with Crippen molar-refractivity contribution < 1.29 is 9.90 Å². The van der Waals surface area contributed by atoms with Gasteiger partial charge in [-0.1, -0.05) is 22.8 Å². The molecule has 2 rings (SSSR count). The predicted octanol–water partition coefficient (Wildman–Crippen LogP) is 4.59. The van der Waals surface area contributed by atoms with Gasteiger partial charge in [0, 0.05) is 16.3 Å². The Hall–Kier alpha value is -3.18. The topological polar surface area (TPSA) is 110 Å². The average Bonchev–Trinajstić information content (AvgIpc) is 2.47. The summed E-state index contributed by atoms with van der Waals surface area (Å²) in [5, 5.41) is 18.5. The number of nitrogens with zero attached hydrogens (tertiary/aromatic N) is 3. The lowest BCUT2D eigenvalue weighted by molar-refractivity contribution is 0.262. The Balaban J connectivity index is 2.14. The van der Waals surface area contributed by atoms with E-state index in [-0.39, 0.29) is 11.4 Å². The lowest BCUT2D eigenvalue weighted by Gasteiger charge is -2.10. The molecule has 112 valence electrons. The van der Waals surface area contributed by atoms with Gasteiger partial charge in [0.05, 0.1) is 5.69 Å². The summed E-state index contributed by atoms with van der Waals surface area (Å²) in [7, 11) is 0. The Kier molecular flexibility index (Phi) is 4.50. The summed E-state index contributed by atoms with van der Waals surface area (Å²) in [4.78, 5) is 14.6. The molecule has 0 spiro atoms. The van der Waals surface area contributed by atoms with E-state index in [1.54, 1.807) is 25.1 Å². The van der Waals surface area contributed by atoms with E-state index in [1.165, 1.54) is 6.07 Å². The fraction of sp³-hybridized carbons (Fsp3) is 0.133. The lowest BCUT2D eigenvalue weighted by Crippen LogP contribution is -2.19. The molecule has 22 heavy (non-hydrogen) atoms. The van der Waals surface area contributed by atoms with Gasteiger partial charge in [-0.2, -0.15) is 0 Å². The van der Waals surface area contributed by atoms with E-state index >= 15 is 0 Å². The van der Waals surface area contributed by atoms with Crippen LogP contribution in [0.3, 0.4) is 0 Å². The largest absolute Gasteiger partial charge is 0.507 e. The summed E-state index contributed by atoms with van der Waals surface area (Å²) >= 11 is 0. The SMILES string of the molecule is Cc1ccc(NC(=O)Nc2cc(C)c(O)c(N=[N+]=[N-])c2)cc1. The minimum atomic E-state index is -0.430. The molecule has 0 heterocycles. The second kappa shape index (κ2) is 6.51. The first-order valence-electron chi connectivity index (χ1n) is 6.53. The third-order valence-corrected chi connectivity index (χ3v) is 3.00. The standard InChI is InChI=1S/C15H15N5O2/c1-9-3-5-11(6-4-9)17-15(22)18-12-7-10(2)14(21)13(8-12)19-20-16/h3-8,21H,1-2H3,(H2,17,18,22). The number of benzene rings is 2. The minimum Gasteiger partial charge on any atom is -0.507 e. The molecule has 2 amide bonds. The highest BCUT2D eigenvalue weighted by molar-refractivity contribution is 6.00. The summed E-state index contributed by atoms with van der Waals surface area (Å²) in [5.41, 5.74) is 11.2. The number of carbonyl (C=O) groups excluding carboxylic acids is 1. The first kappa shape index (κ1) is 15.2. The molecule has 0 saturated heterocycles. The van der Waals surface area contributed by atoms with Crippen molar-refractivity contribution in [2.45, 2.75) is 13.8 Å². The maximum atomic E-state index is 11.9. The predicted molar refractivity (Wildman–Crippen MR) is 85.5 cm³/mol. The van der Waals surface area contributed by atoms with Gasteiger partial charge in [0.1, 0.15) is 5.75 Å². The van der Waals surface area contributed by atoms with E-state index < -0.39 is 6.03 Å². The number of hydrogen-bond donors (Lipinski definition) is 3. The minimum absolute atomic E-state index is 0.0631. The molecule has 0 fully saturated rings. The molecule has 2 aromatic rings. The Labute approximate surface area is 127 Å². The van der Waals surface area contributed by atoms with Crippen LogP contribution in [0.2, 0.25) is 0 Å². The molecule has 0 saturated carbocycles. The molecule has 0 aliphatic heterocycles. The van der Waals surface area contributed by atoms with E-state index in [4.69, 9.17) is 5.53 Å². The van der Waals surface area contributed by atoms with Crippen molar-refractivity contribution in [3.05, 3.63) is 58.0 Å². The van der Waals surface area contributed by atoms with E-state index in [9.17, 15) is 9.90 Å². The second-order valence-corrected chi connectivity index (χ2v) is 4.80. The van der Waals surface area contributed by atoms with Gasteiger partial charge in [-0.15, -0.1) is 0 Å². The molecule has 0 aromatic heterocycles. The van der Waals surface area contributed by atoms with Gasteiger partial charge < -0.3 is 15.7 Å². The molecule has 0 atom stereocenters. The zero-order valence-electron chi connectivity index (χ0n) is 12.2. The molecule has 0 unspecified atom stereocenters. The van der Waals surface area contributed by atoms with Crippen LogP contribution in [0.5, 0.6) is 5.75 Å². The lowest BCUT2D eigenvalue weighted by atomic mass is 10.1. The fourth-order valence-corrected chi connectivity index (χ4v) is 1.89.